The zero-order valence-corrected chi connectivity index (χ0v) is 12.5. The molecule has 1 aliphatic heterocycles. The van der Waals surface area contributed by atoms with E-state index in [0.717, 1.165) is 22.6 Å². The van der Waals surface area contributed by atoms with Gasteiger partial charge in [-0.25, -0.2) is 4.68 Å². The molecular formula is C17H15N5O. The summed E-state index contributed by atoms with van der Waals surface area (Å²) in [4.78, 5) is 8.48. The van der Waals surface area contributed by atoms with Gasteiger partial charge in [0.1, 0.15) is 18.1 Å². The summed E-state index contributed by atoms with van der Waals surface area (Å²) in [5, 5.41) is 7.64. The summed E-state index contributed by atoms with van der Waals surface area (Å²) in [6.45, 7) is 0. The molecule has 1 aromatic carbocycles. The number of rotatable bonds is 3. The van der Waals surface area contributed by atoms with E-state index < -0.39 is 0 Å². The van der Waals surface area contributed by atoms with Crippen molar-refractivity contribution in [3.63, 3.8) is 0 Å². The number of nitrogens with zero attached hydrogens (tertiary/aromatic N) is 4. The maximum atomic E-state index is 5.23. The quantitative estimate of drug-likeness (QED) is 0.806. The van der Waals surface area contributed by atoms with Gasteiger partial charge in [-0.05, 0) is 35.9 Å². The zero-order chi connectivity index (χ0) is 15.6. The van der Waals surface area contributed by atoms with Gasteiger partial charge < -0.3 is 10.1 Å². The number of anilines is 1. The van der Waals surface area contributed by atoms with Crippen molar-refractivity contribution in [2.75, 3.05) is 12.4 Å². The van der Waals surface area contributed by atoms with Crippen molar-refractivity contribution >= 4 is 11.6 Å². The largest absolute Gasteiger partial charge is 0.497 e. The summed E-state index contributed by atoms with van der Waals surface area (Å²) in [6.07, 6.45) is 7.27. The van der Waals surface area contributed by atoms with Crippen LogP contribution in [0.2, 0.25) is 0 Å². The second kappa shape index (κ2) is 5.57. The molecule has 0 radical (unpaired) electrons. The first-order valence-corrected chi connectivity index (χ1v) is 7.28. The van der Waals surface area contributed by atoms with Gasteiger partial charge >= 0.3 is 0 Å². The summed E-state index contributed by atoms with van der Waals surface area (Å²) in [5.41, 5.74) is 3.10. The van der Waals surface area contributed by atoms with E-state index >= 15 is 0 Å². The Bertz CT molecular complexity index is 839. The van der Waals surface area contributed by atoms with Crippen molar-refractivity contribution in [1.29, 1.82) is 0 Å². The first kappa shape index (κ1) is 13.5. The minimum absolute atomic E-state index is 0.0325. The average molecular weight is 305 g/mol. The molecule has 3 heterocycles. The Morgan fingerprint density at radius 1 is 1.17 bits per heavy atom. The predicted octanol–water partition coefficient (Wildman–Crippen LogP) is 2.74. The lowest BCUT2D eigenvalue weighted by atomic mass is 10.0. The molecule has 2 aromatic heterocycles. The van der Waals surface area contributed by atoms with Gasteiger partial charge in [0.2, 0.25) is 5.95 Å². The topological polar surface area (TPSA) is 64.9 Å². The molecule has 6 nitrogen and oxygen atoms in total. The number of hydrogen-bond donors (Lipinski definition) is 1. The lowest BCUT2D eigenvalue weighted by molar-refractivity contribution is 0.414. The Morgan fingerprint density at radius 3 is 2.78 bits per heavy atom. The van der Waals surface area contributed by atoms with Gasteiger partial charge in [0.25, 0.3) is 0 Å². The van der Waals surface area contributed by atoms with Crippen molar-refractivity contribution in [1.82, 2.24) is 19.7 Å². The Morgan fingerprint density at radius 2 is 2.04 bits per heavy atom. The molecule has 0 saturated carbocycles. The van der Waals surface area contributed by atoms with E-state index in [-0.39, 0.29) is 6.04 Å². The second-order valence-corrected chi connectivity index (χ2v) is 5.19. The van der Waals surface area contributed by atoms with Crippen molar-refractivity contribution in [3.05, 3.63) is 72.3 Å². The molecule has 0 fully saturated rings. The Balaban J connectivity index is 1.78. The molecule has 4 rings (SSSR count). The van der Waals surface area contributed by atoms with Crippen molar-refractivity contribution in [2.24, 2.45) is 0 Å². The van der Waals surface area contributed by atoms with Gasteiger partial charge in [0.15, 0.2) is 0 Å². The van der Waals surface area contributed by atoms with Gasteiger partial charge in [-0.15, -0.1) is 0 Å². The van der Waals surface area contributed by atoms with Gasteiger partial charge in [-0.3, -0.25) is 4.98 Å². The van der Waals surface area contributed by atoms with Crippen molar-refractivity contribution in [3.8, 4) is 5.75 Å². The first-order valence-electron chi connectivity index (χ1n) is 7.28. The molecular weight excluding hydrogens is 290 g/mol. The number of pyridine rings is 1. The molecule has 0 unspecified atom stereocenters. The van der Waals surface area contributed by atoms with E-state index in [9.17, 15) is 0 Å². The third-order valence-corrected chi connectivity index (χ3v) is 3.84. The SMILES string of the molecule is COc1ccc([C@@H]2C=C(c3cccnc3)Nc3ncnn32)cc1. The first-order chi connectivity index (χ1) is 11.3. The molecule has 0 aliphatic carbocycles. The molecule has 1 atom stereocenters. The highest BCUT2D eigenvalue weighted by molar-refractivity contribution is 5.76. The third-order valence-electron chi connectivity index (χ3n) is 3.84. The predicted molar refractivity (Wildman–Crippen MR) is 87.0 cm³/mol. The smallest absolute Gasteiger partial charge is 0.226 e. The fourth-order valence-electron chi connectivity index (χ4n) is 2.66. The number of methoxy groups -OCH3 is 1. The number of hydrogen-bond acceptors (Lipinski definition) is 5. The number of nitrogens with one attached hydrogen (secondary N) is 1. The van der Waals surface area contributed by atoms with Crippen LogP contribution in [0.5, 0.6) is 5.75 Å². The summed E-state index contributed by atoms with van der Waals surface area (Å²) in [7, 11) is 1.66. The van der Waals surface area contributed by atoms with Crippen molar-refractivity contribution < 1.29 is 4.74 Å². The minimum atomic E-state index is -0.0325. The zero-order valence-electron chi connectivity index (χ0n) is 12.5. The molecule has 1 N–H and O–H groups in total. The Hall–Kier alpha value is -3.15. The number of allylic oxidation sites excluding steroid dienone is 1. The van der Waals surface area contributed by atoms with Gasteiger partial charge in [0.05, 0.1) is 7.11 Å². The molecule has 6 heteroatoms. The lowest BCUT2D eigenvalue weighted by Gasteiger charge is -2.24. The molecule has 0 bridgehead atoms. The van der Waals surface area contributed by atoms with Crippen molar-refractivity contribution in [2.45, 2.75) is 6.04 Å². The van der Waals surface area contributed by atoms with Crippen LogP contribution in [0.4, 0.5) is 5.95 Å². The van der Waals surface area contributed by atoms with Crippen LogP contribution in [0.1, 0.15) is 17.2 Å². The molecule has 114 valence electrons. The molecule has 1 aliphatic rings. The summed E-state index contributed by atoms with van der Waals surface area (Å²) >= 11 is 0. The van der Waals surface area contributed by atoms with Gasteiger partial charge in [-0.2, -0.15) is 10.1 Å². The number of ether oxygens (including phenoxy) is 1. The molecule has 0 spiro atoms. The van der Waals surface area contributed by atoms with Gasteiger partial charge in [0, 0.05) is 23.7 Å². The average Bonchev–Trinajstić information content (AvgIpc) is 3.10. The molecule has 0 saturated heterocycles. The summed E-state index contributed by atoms with van der Waals surface area (Å²) < 4.78 is 7.09. The standard InChI is InChI=1S/C17H15N5O/c1-23-14-6-4-12(5-7-14)16-9-15(13-3-2-8-18-10-13)21-17-19-11-20-22(16)17/h2-11,16H,1H3,(H,19,20,21)/t16-/m0/s1. The van der Waals surface area contributed by atoms with Crippen LogP contribution in [-0.4, -0.2) is 26.9 Å². The van der Waals surface area contributed by atoms with Crippen LogP contribution in [0.3, 0.4) is 0 Å². The third kappa shape index (κ3) is 2.44. The normalized spacial score (nSPS) is 16.2. The highest BCUT2D eigenvalue weighted by Gasteiger charge is 2.23. The maximum absolute atomic E-state index is 5.23. The van der Waals surface area contributed by atoms with Crippen LogP contribution in [0, 0.1) is 0 Å². The van der Waals surface area contributed by atoms with Crippen LogP contribution in [0.25, 0.3) is 5.70 Å². The van der Waals surface area contributed by atoms with Crippen LogP contribution in [-0.2, 0) is 0 Å². The van der Waals surface area contributed by atoms with E-state index in [1.165, 1.54) is 0 Å². The van der Waals surface area contributed by atoms with Crippen LogP contribution < -0.4 is 10.1 Å². The monoisotopic (exact) mass is 305 g/mol. The number of aromatic nitrogens is 4. The summed E-state index contributed by atoms with van der Waals surface area (Å²) in [6, 6.07) is 11.9. The Labute approximate surface area is 133 Å². The summed E-state index contributed by atoms with van der Waals surface area (Å²) in [5.74, 6) is 1.55. The van der Waals surface area contributed by atoms with Gasteiger partial charge in [-0.1, -0.05) is 12.1 Å². The number of fused-ring (bicyclic) bond motifs is 1. The highest BCUT2D eigenvalue weighted by atomic mass is 16.5. The van der Waals surface area contributed by atoms with E-state index in [0.29, 0.717) is 5.95 Å². The fraction of sp³-hybridized carbons (Fsp3) is 0.118. The molecule has 3 aromatic rings. The van der Waals surface area contributed by atoms with E-state index in [1.807, 2.05) is 47.3 Å². The maximum Gasteiger partial charge on any atom is 0.226 e. The lowest BCUT2D eigenvalue weighted by Crippen LogP contribution is -2.20. The number of benzene rings is 1. The fourth-order valence-corrected chi connectivity index (χ4v) is 2.66. The van der Waals surface area contributed by atoms with E-state index in [1.54, 1.807) is 19.6 Å². The second-order valence-electron chi connectivity index (χ2n) is 5.19. The van der Waals surface area contributed by atoms with E-state index in [4.69, 9.17) is 4.74 Å². The van der Waals surface area contributed by atoms with E-state index in [2.05, 4.69) is 26.5 Å². The van der Waals surface area contributed by atoms with Crippen LogP contribution in [0.15, 0.2) is 61.2 Å². The minimum Gasteiger partial charge on any atom is -0.497 e. The van der Waals surface area contributed by atoms with Crippen LogP contribution >= 0.6 is 0 Å². The molecule has 23 heavy (non-hydrogen) atoms. The Kier molecular flexibility index (Phi) is 3.27. The molecule has 0 amide bonds. The highest BCUT2D eigenvalue weighted by Crippen LogP contribution is 2.32.